The fourth-order valence-corrected chi connectivity index (χ4v) is 1.17. The maximum Gasteiger partial charge on any atom is 0.490 e. The molecule has 1 aromatic heterocycles. The molecule has 2 N–H and O–H groups in total. The van der Waals surface area contributed by atoms with Gasteiger partial charge >= 0.3 is 13.1 Å². The Morgan fingerprint density at radius 1 is 1.56 bits per heavy atom. The molecule has 0 amide bonds. The molecule has 0 aliphatic heterocycles. The summed E-state index contributed by atoms with van der Waals surface area (Å²) in [6.45, 7) is 2.30. The molecule has 0 saturated carbocycles. The van der Waals surface area contributed by atoms with Crippen LogP contribution in [0.15, 0.2) is 18.3 Å². The first kappa shape index (κ1) is 12.7. The van der Waals surface area contributed by atoms with Crippen LogP contribution in [0.1, 0.15) is 30.3 Å². The van der Waals surface area contributed by atoms with Crippen LogP contribution in [0.4, 0.5) is 0 Å². The second-order valence-electron chi connectivity index (χ2n) is 3.30. The molecule has 1 heterocycles. The number of aromatic nitrogens is 1. The Morgan fingerprint density at radius 3 is 2.94 bits per heavy atom. The highest BCUT2D eigenvalue weighted by Crippen LogP contribution is 1.98. The Bertz CT molecular complexity index is 356. The van der Waals surface area contributed by atoms with Crippen molar-refractivity contribution >= 4 is 18.6 Å². The van der Waals surface area contributed by atoms with Crippen LogP contribution in [-0.2, 0) is 4.74 Å². The summed E-state index contributed by atoms with van der Waals surface area (Å²) in [4.78, 5) is 15.3. The van der Waals surface area contributed by atoms with Gasteiger partial charge in [0.25, 0.3) is 0 Å². The van der Waals surface area contributed by atoms with Crippen LogP contribution in [-0.4, -0.2) is 34.7 Å². The Balaban J connectivity index is 2.74. The summed E-state index contributed by atoms with van der Waals surface area (Å²) in [5.41, 5.74) is 0.0117. The van der Waals surface area contributed by atoms with E-state index in [4.69, 9.17) is 14.8 Å². The number of pyridine rings is 1. The van der Waals surface area contributed by atoms with E-state index in [0.717, 1.165) is 12.8 Å². The third kappa shape index (κ3) is 3.32. The summed E-state index contributed by atoms with van der Waals surface area (Å²) in [5, 5.41) is 18.1. The van der Waals surface area contributed by atoms with E-state index in [0.29, 0.717) is 6.61 Å². The molecule has 0 bridgehead atoms. The van der Waals surface area contributed by atoms with Gasteiger partial charge in [-0.1, -0.05) is 19.4 Å². The van der Waals surface area contributed by atoms with E-state index in [9.17, 15) is 4.79 Å². The highest BCUT2D eigenvalue weighted by molar-refractivity contribution is 6.60. The van der Waals surface area contributed by atoms with Crippen LogP contribution in [0.2, 0.25) is 0 Å². The lowest BCUT2D eigenvalue weighted by atomic mass is 9.79. The van der Waals surface area contributed by atoms with Gasteiger partial charge in [0.05, 0.1) is 6.61 Å². The van der Waals surface area contributed by atoms with Crippen molar-refractivity contribution < 1.29 is 19.6 Å². The van der Waals surface area contributed by atoms with Crippen molar-refractivity contribution in [3.63, 3.8) is 0 Å². The molecule has 0 atom stereocenters. The van der Waals surface area contributed by atoms with E-state index in [1.165, 1.54) is 18.3 Å². The molecule has 1 aromatic rings. The molecule has 16 heavy (non-hydrogen) atoms. The fourth-order valence-electron chi connectivity index (χ4n) is 1.17. The molecular weight excluding hydrogens is 209 g/mol. The molecule has 0 radical (unpaired) electrons. The number of hydrogen-bond donors (Lipinski definition) is 2. The van der Waals surface area contributed by atoms with Crippen LogP contribution < -0.4 is 5.46 Å². The van der Waals surface area contributed by atoms with Gasteiger partial charge in [-0.25, -0.2) is 9.78 Å². The summed E-state index contributed by atoms with van der Waals surface area (Å²) < 4.78 is 4.94. The normalized spacial score (nSPS) is 9.94. The van der Waals surface area contributed by atoms with Crippen molar-refractivity contribution in [1.82, 2.24) is 4.98 Å². The summed E-state index contributed by atoms with van der Waals surface area (Å²) >= 11 is 0. The van der Waals surface area contributed by atoms with Crippen molar-refractivity contribution in [2.45, 2.75) is 19.8 Å². The first-order valence-corrected chi connectivity index (χ1v) is 5.15. The summed E-state index contributed by atoms with van der Waals surface area (Å²) in [5.74, 6) is -0.628. The van der Waals surface area contributed by atoms with E-state index in [2.05, 4.69) is 4.98 Å². The monoisotopic (exact) mass is 223 g/mol. The molecule has 6 heteroatoms. The number of unbranched alkanes of at least 4 members (excludes halogenated alkanes) is 1. The van der Waals surface area contributed by atoms with E-state index in [1.807, 2.05) is 6.92 Å². The lowest BCUT2D eigenvalue weighted by molar-refractivity contribution is 0.0494. The predicted octanol–water partition coefficient (Wildman–Crippen LogP) is -0.282. The van der Waals surface area contributed by atoms with Crippen molar-refractivity contribution in [3.8, 4) is 0 Å². The number of ether oxygens (including phenoxy) is 1. The lowest BCUT2D eigenvalue weighted by Crippen LogP contribution is -2.36. The van der Waals surface area contributed by atoms with Crippen LogP contribution in [0.5, 0.6) is 0 Å². The zero-order valence-electron chi connectivity index (χ0n) is 9.09. The van der Waals surface area contributed by atoms with Gasteiger partial charge in [0.15, 0.2) is 0 Å². The molecule has 0 aliphatic carbocycles. The SMILES string of the molecule is CCCCOC(=O)c1ncccc1B(O)O. The summed E-state index contributed by atoms with van der Waals surface area (Å²) in [6.07, 6.45) is 3.10. The standard InChI is InChI=1S/C10H14BNO4/c1-2-3-7-16-10(13)9-8(11(14)15)5-4-6-12-9/h4-6,14-15H,2-3,7H2,1H3. The summed E-state index contributed by atoms with van der Waals surface area (Å²) in [7, 11) is -1.72. The number of esters is 1. The average molecular weight is 223 g/mol. The molecule has 1 rings (SSSR count). The Labute approximate surface area is 94.2 Å². The zero-order chi connectivity index (χ0) is 12.0. The smallest absolute Gasteiger partial charge is 0.461 e. The molecule has 0 saturated heterocycles. The number of carbonyl (C=O) groups is 1. The number of nitrogens with zero attached hydrogens (tertiary/aromatic N) is 1. The second kappa shape index (κ2) is 6.24. The van der Waals surface area contributed by atoms with Crippen molar-refractivity contribution in [1.29, 1.82) is 0 Å². The van der Waals surface area contributed by atoms with Crippen LogP contribution in [0.3, 0.4) is 0 Å². The Hall–Kier alpha value is -1.40. The zero-order valence-corrected chi connectivity index (χ0v) is 9.09. The van der Waals surface area contributed by atoms with Gasteiger partial charge in [-0.2, -0.15) is 0 Å². The molecule has 0 spiro atoms. The Kier molecular flexibility index (Phi) is 4.95. The molecule has 0 unspecified atom stereocenters. The van der Waals surface area contributed by atoms with E-state index >= 15 is 0 Å². The predicted molar refractivity (Wildman–Crippen MR) is 59.3 cm³/mol. The quantitative estimate of drug-likeness (QED) is 0.407. The minimum absolute atomic E-state index is 0.0476. The van der Waals surface area contributed by atoms with Gasteiger partial charge in [-0.05, 0) is 12.5 Å². The number of hydrogen-bond acceptors (Lipinski definition) is 5. The van der Waals surface area contributed by atoms with Crippen LogP contribution in [0.25, 0.3) is 0 Å². The highest BCUT2D eigenvalue weighted by atomic mass is 16.5. The third-order valence-corrected chi connectivity index (χ3v) is 2.04. The summed E-state index contributed by atoms with van der Waals surface area (Å²) in [6, 6.07) is 2.95. The largest absolute Gasteiger partial charge is 0.490 e. The van der Waals surface area contributed by atoms with Crippen molar-refractivity contribution in [3.05, 3.63) is 24.0 Å². The average Bonchev–Trinajstić information content (AvgIpc) is 2.29. The maximum atomic E-state index is 11.5. The molecule has 0 aromatic carbocycles. The first-order valence-electron chi connectivity index (χ1n) is 5.15. The molecule has 5 nitrogen and oxygen atoms in total. The van der Waals surface area contributed by atoms with E-state index in [-0.39, 0.29) is 11.2 Å². The fraction of sp³-hybridized carbons (Fsp3) is 0.400. The van der Waals surface area contributed by atoms with Crippen molar-refractivity contribution in [2.24, 2.45) is 0 Å². The van der Waals surface area contributed by atoms with Crippen molar-refractivity contribution in [2.75, 3.05) is 6.61 Å². The van der Waals surface area contributed by atoms with Gasteiger partial charge in [-0.15, -0.1) is 0 Å². The molecular formula is C10H14BNO4. The Morgan fingerprint density at radius 2 is 2.31 bits per heavy atom. The number of rotatable bonds is 5. The van der Waals surface area contributed by atoms with Crippen LogP contribution >= 0.6 is 0 Å². The van der Waals surface area contributed by atoms with E-state index in [1.54, 1.807) is 0 Å². The highest BCUT2D eigenvalue weighted by Gasteiger charge is 2.22. The lowest BCUT2D eigenvalue weighted by Gasteiger charge is -2.07. The number of carbonyl (C=O) groups excluding carboxylic acids is 1. The second-order valence-corrected chi connectivity index (χ2v) is 3.30. The molecule has 0 aliphatic rings. The van der Waals surface area contributed by atoms with Gasteiger partial charge in [-0.3, -0.25) is 0 Å². The van der Waals surface area contributed by atoms with Gasteiger partial charge < -0.3 is 14.8 Å². The molecule has 86 valence electrons. The van der Waals surface area contributed by atoms with Gasteiger partial charge in [0, 0.05) is 11.7 Å². The first-order chi connectivity index (χ1) is 7.66. The molecule has 0 fully saturated rings. The van der Waals surface area contributed by atoms with E-state index < -0.39 is 13.1 Å². The van der Waals surface area contributed by atoms with Gasteiger partial charge in [0.1, 0.15) is 5.69 Å². The van der Waals surface area contributed by atoms with Crippen LogP contribution in [0, 0.1) is 0 Å². The maximum absolute atomic E-state index is 11.5. The minimum atomic E-state index is -1.72. The topological polar surface area (TPSA) is 79.7 Å². The third-order valence-electron chi connectivity index (χ3n) is 2.04. The van der Waals surface area contributed by atoms with Gasteiger partial charge in [0.2, 0.25) is 0 Å². The minimum Gasteiger partial charge on any atom is -0.461 e.